The lowest BCUT2D eigenvalue weighted by molar-refractivity contribution is -0.139. The smallest absolute Gasteiger partial charge is 0.312 e. The predicted octanol–water partition coefficient (Wildman–Crippen LogP) is 4.19. The van der Waals surface area contributed by atoms with Crippen LogP contribution in [0.2, 0.25) is 0 Å². The third-order valence-electron chi connectivity index (χ3n) is 4.85. The Balaban J connectivity index is 1.94. The van der Waals surface area contributed by atoms with Crippen LogP contribution in [0.3, 0.4) is 0 Å². The van der Waals surface area contributed by atoms with Gasteiger partial charge in [0.1, 0.15) is 0 Å². The number of carboxylic acids is 1. The molecule has 0 spiro atoms. The molecule has 4 rings (SSSR count). The van der Waals surface area contributed by atoms with Crippen LogP contribution in [-0.2, 0) is 17.8 Å². The van der Waals surface area contributed by atoms with Gasteiger partial charge in [0.05, 0.1) is 5.92 Å². The Hall–Kier alpha value is -2.55. The number of carboxylic acid groups (broad SMARTS) is 1. The van der Waals surface area contributed by atoms with E-state index in [1.165, 1.54) is 16.5 Å². The zero-order valence-electron chi connectivity index (χ0n) is 12.9. The summed E-state index contributed by atoms with van der Waals surface area (Å²) in [5.74, 6) is -1.10. The summed E-state index contributed by atoms with van der Waals surface area (Å²) in [7, 11) is 0. The summed E-state index contributed by atoms with van der Waals surface area (Å²) in [5.41, 5.74) is 4.59. The van der Waals surface area contributed by atoms with Crippen LogP contribution in [0.4, 0.5) is 0 Å². The van der Waals surface area contributed by atoms with Gasteiger partial charge in [-0.1, -0.05) is 48.5 Å². The number of aryl methyl sites for hydroxylation is 1. The monoisotopic (exact) mass is 305 g/mol. The molecule has 1 atom stereocenters. The summed E-state index contributed by atoms with van der Waals surface area (Å²) in [6.45, 7) is 0.723. The zero-order valence-corrected chi connectivity index (χ0v) is 12.9. The molecule has 3 heteroatoms. The molecule has 0 amide bonds. The van der Waals surface area contributed by atoms with Crippen molar-refractivity contribution in [1.29, 1.82) is 0 Å². The number of para-hydroxylation sites is 1. The standard InChI is InChI=1S/C20H19NO2/c22-20(23)17-11-6-10-16-15-9-4-5-12-18(15)21(19(16)17)13-14-7-2-1-3-8-14/h1-5,7-9,12,17H,6,10-11,13H2,(H,22,23). The van der Waals surface area contributed by atoms with E-state index < -0.39 is 11.9 Å². The highest BCUT2D eigenvalue weighted by Gasteiger charge is 2.31. The third kappa shape index (κ3) is 2.33. The van der Waals surface area contributed by atoms with Crippen LogP contribution in [-0.4, -0.2) is 15.6 Å². The normalized spacial score (nSPS) is 17.1. The van der Waals surface area contributed by atoms with E-state index in [-0.39, 0.29) is 0 Å². The molecule has 1 aliphatic carbocycles. The molecule has 1 N–H and O–H groups in total. The van der Waals surface area contributed by atoms with Gasteiger partial charge in [-0.3, -0.25) is 4.79 Å². The quantitative estimate of drug-likeness (QED) is 0.788. The minimum absolute atomic E-state index is 0.394. The van der Waals surface area contributed by atoms with Crippen LogP contribution in [0.1, 0.15) is 35.6 Å². The van der Waals surface area contributed by atoms with E-state index in [2.05, 4.69) is 28.8 Å². The SMILES string of the molecule is O=C(O)C1CCCc2c1n(Cc1ccccc1)c1ccccc21. The summed E-state index contributed by atoms with van der Waals surface area (Å²) in [6.07, 6.45) is 2.65. The van der Waals surface area contributed by atoms with Gasteiger partial charge < -0.3 is 9.67 Å². The van der Waals surface area contributed by atoms with E-state index in [4.69, 9.17) is 0 Å². The highest BCUT2D eigenvalue weighted by molar-refractivity contribution is 5.89. The van der Waals surface area contributed by atoms with Gasteiger partial charge >= 0.3 is 5.97 Å². The van der Waals surface area contributed by atoms with E-state index in [0.29, 0.717) is 0 Å². The van der Waals surface area contributed by atoms with Crippen molar-refractivity contribution in [1.82, 2.24) is 4.57 Å². The van der Waals surface area contributed by atoms with Crippen LogP contribution in [0.5, 0.6) is 0 Å². The number of fused-ring (bicyclic) bond motifs is 3. The van der Waals surface area contributed by atoms with Gasteiger partial charge in [-0.05, 0) is 36.5 Å². The summed E-state index contributed by atoms with van der Waals surface area (Å²) in [5, 5.41) is 10.9. The largest absolute Gasteiger partial charge is 0.481 e. The van der Waals surface area contributed by atoms with Gasteiger partial charge in [0, 0.05) is 23.1 Å². The molecule has 3 nitrogen and oxygen atoms in total. The number of hydrogen-bond acceptors (Lipinski definition) is 1. The Kier molecular flexibility index (Phi) is 3.41. The van der Waals surface area contributed by atoms with Crippen molar-refractivity contribution in [2.45, 2.75) is 31.7 Å². The van der Waals surface area contributed by atoms with E-state index in [9.17, 15) is 9.90 Å². The second-order valence-corrected chi connectivity index (χ2v) is 6.24. The minimum atomic E-state index is -0.705. The molecule has 0 aliphatic heterocycles. The lowest BCUT2D eigenvalue weighted by Gasteiger charge is -2.22. The molecule has 0 bridgehead atoms. The fraction of sp³-hybridized carbons (Fsp3) is 0.250. The van der Waals surface area contributed by atoms with Gasteiger partial charge in [-0.25, -0.2) is 0 Å². The Morgan fingerprint density at radius 1 is 1.09 bits per heavy atom. The lowest BCUT2D eigenvalue weighted by atomic mass is 9.86. The first kappa shape index (κ1) is 14.1. The van der Waals surface area contributed by atoms with Gasteiger partial charge in [0.15, 0.2) is 0 Å². The van der Waals surface area contributed by atoms with Crippen LogP contribution in [0.25, 0.3) is 10.9 Å². The van der Waals surface area contributed by atoms with Crippen LogP contribution >= 0.6 is 0 Å². The maximum absolute atomic E-state index is 11.8. The van der Waals surface area contributed by atoms with E-state index in [1.54, 1.807) is 0 Å². The topological polar surface area (TPSA) is 42.2 Å². The van der Waals surface area contributed by atoms with Gasteiger partial charge in [-0.2, -0.15) is 0 Å². The van der Waals surface area contributed by atoms with E-state index >= 15 is 0 Å². The van der Waals surface area contributed by atoms with Crippen molar-refractivity contribution in [3.63, 3.8) is 0 Å². The number of nitrogens with zero attached hydrogens (tertiary/aromatic N) is 1. The molecule has 0 fully saturated rings. The van der Waals surface area contributed by atoms with E-state index in [1.807, 2.05) is 30.3 Å². The molecule has 0 radical (unpaired) electrons. The molecule has 1 unspecified atom stereocenters. The summed E-state index contributed by atoms with van der Waals surface area (Å²) in [6, 6.07) is 18.6. The van der Waals surface area contributed by atoms with Crippen LogP contribution in [0.15, 0.2) is 54.6 Å². The molecule has 23 heavy (non-hydrogen) atoms. The maximum Gasteiger partial charge on any atom is 0.312 e. The molecule has 116 valence electrons. The Labute approximate surface area is 135 Å². The third-order valence-corrected chi connectivity index (χ3v) is 4.85. The summed E-state index contributed by atoms with van der Waals surface area (Å²) < 4.78 is 2.22. The first-order chi connectivity index (χ1) is 11.3. The summed E-state index contributed by atoms with van der Waals surface area (Å²) in [4.78, 5) is 11.8. The molecule has 2 aromatic carbocycles. The highest BCUT2D eigenvalue weighted by Crippen LogP contribution is 2.39. The molecular formula is C20H19NO2. The fourth-order valence-corrected chi connectivity index (χ4v) is 3.85. The highest BCUT2D eigenvalue weighted by atomic mass is 16.4. The van der Waals surface area contributed by atoms with E-state index in [0.717, 1.165) is 37.0 Å². The summed E-state index contributed by atoms with van der Waals surface area (Å²) >= 11 is 0. The number of carbonyl (C=O) groups is 1. The first-order valence-corrected chi connectivity index (χ1v) is 8.12. The molecule has 1 aromatic heterocycles. The van der Waals surface area contributed by atoms with Crippen molar-refractivity contribution in [2.75, 3.05) is 0 Å². The van der Waals surface area contributed by atoms with Crippen molar-refractivity contribution < 1.29 is 9.90 Å². The molecule has 0 saturated carbocycles. The Morgan fingerprint density at radius 3 is 2.61 bits per heavy atom. The number of aliphatic carboxylic acids is 1. The predicted molar refractivity (Wildman–Crippen MR) is 90.8 cm³/mol. The first-order valence-electron chi connectivity index (χ1n) is 8.12. The Bertz CT molecular complexity index is 864. The van der Waals surface area contributed by atoms with Crippen molar-refractivity contribution in [3.05, 3.63) is 71.4 Å². The number of benzene rings is 2. The van der Waals surface area contributed by atoms with Crippen molar-refractivity contribution in [2.24, 2.45) is 0 Å². The number of rotatable bonds is 3. The average Bonchev–Trinajstić information content (AvgIpc) is 2.90. The van der Waals surface area contributed by atoms with Crippen LogP contribution in [0, 0.1) is 0 Å². The number of hydrogen-bond donors (Lipinski definition) is 1. The molecule has 1 heterocycles. The molecular weight excluding hydrogens is 286 g/mol. The molecule has 0 saturated heterocycles. The number of aromatic nitrogens is 1. The van der Waals surface area contributed by atoms with Gasteiger partial charge in [0.25, 0.3) is 0 Å². The minimum Gasteiger partial charge on any atom is -0.481 e. The van der Waals surface area contributed by atoms with Gasteiger partial charge in [-0.15, -0.1) is 0 Å². The average molecular weight is 305 g/mol. The fourth-order valence-electron chi connectivity index (χ4n) is 3.85. The van der Waals surface area contributed by atoms with Gasteiger partial charge in [0.2, 0.25) is 0 Å². The lowest BCUT2D eigenvalue weighted by Crippen LogP contribution is -2.21. The molecule has 3 aromatic rings. The molecule has 1 aliphatic rings. The second kappa shape index (κ2) is 5.58. The van der Waals surface area contributed by atoms with Crippen molar-refractivity contribution >= 4 is 16.9 Å². The maximum atomic E-state index is 11.8. The zero-order chi connectivity index (χ0) is 15.8. The second-order valence-electron chi connectivity index (χ2n) is 6.24. The van der Waals surface area contributed by atoms with Crippen LogP contribution < -0.4 is 0 Å². The van der Waals surface area contributed by atoms with Crippen molar-refractivity contribution in [3.8, 4) is 0 Å². The Morgan fingerprint density at radius 2 is 1.83 bits per heavy atom.